The maximum absolute atomic E-state index is 14.3. The molecule has 2 aromatic carbocycles. The topological polar surface area (TPSA) is 105 Å². The predicted octanol–water partition coefficient (Wildman–Crippen LogP) is 7.76. The molecule has 0 saturated carbocycles. The van der Waals surface area contributed by atoms with Gasteiger partial charge in [-0.05, 0) is 79.9 Å². The third-order valence-electron chi connectivity index (χ3n) is 10.3. The first-order chi connectivity index (χ1) is 23.1. The zero-order chi connectivity index (χ0) is 35.0. The first kappa shape index (κ1) is 34.3. The number of ether oxygens (including phenoxy) is 3. The first-order valence-corrected chi connectivity index (χ1v) is 20.1. The van der Waals surface area contributed by atoms with Crippen molar-refractivity contribution < 1.29 is 28.2 Å². The number of hydrogen-bond acceptors (Lipinski definition) is 8. The third kappa shape index (κ3) is 5.93. The molecule has 3 aliphatic rings. The SMILES string of the molecule is CC1(C)O[C@H]2[C@@H](O1)[C@H](n1ccc3c(Cl)ncnc31)O[C@@H]2[C@@H](c1ccc(Cl)cc1CCO[Si](C)(C)C(C)(C)C)N1C(=O)c2ccccc2C1=O. The summed E-state index contributed by atoms with van der Waals surface area (Å²) in [6, 6.07) is 13.3. The molecule has 5 atom stereocenters. The van der Waals surface area contributed by atoms with Crippen molar-refractivity contribution >= 4 is 54.4 Å². The van der Waals surface area contributed by atoms with E-state index in [0.717, 1.165) is 11.1 Å². The molecule has 2 aromatic heterocycles. The van der Waals surface area contributed by atoms with Crippen molar-refractivity contribution in [3.05, 3.63) is 93.5 Å². The molecule has 3 aliphatic heterocycles. The van der Waals surface area contributed by atoms with E-state index in [9.17, 15) is 9.59 Å². The van der Waals surface area contributed by atoms with Crippen LogP contribution in [-0.2, 0) is 25.1 Å². The number of hydrogen-bond donors (Lipinski definition) is 0. The molecule has 10 nitrogen and oxygen atoms in total. The largest absolute Gasteiger partial charge is 0.416 e. The van der Waals surface area contributed by atoms with Crippen LogP contribution >= 0.6 is 23.2 Å². The molecule has 4 aromatic rings. The summed E-state index contributed by atoms with van der Waals surface area (Å²) >= 11 is 13.0. The second-order valence-corrected chi connectivity index (χ2v) is 20.5. The van der Waals surface area contributed by atoms with Gasteiger partial charge in [-0.2, -0.15) is 0 Å². The van der Waals surface area contributed by atoms with Crippen molar-refractivity contribution in [1.29, 1.82) is 0 Å². The van der Waals surface area contributed by atoms with Gasteiger partial charge < -0.3 is 23.2 Å². The molecule has 0 radical (unpaired) electrons. The lowest BCUT2D eigenvalue weighted by molar-refractivity contribution is -0.201. The van der Waals surface area contributed by atoms with Gasteiger partial charge in [0.05, 0.1) is 22.6 Å². The van der Waals surface area contributed by atoms with Crippen molar-refractivity contribution in [2.75, 3.05) is 6.61 Å². The van der Waals surface area contributed by atoms with Gasteiger partial charge in [-0.15, -0.1) is 0 Å². The Bertz CT molecular complexity index is 1920. The number of nitrogens with zero attached hydrogens (tertiary/aromatic N) is 4. The summed E-state index contributed by atoms with van der Waals surface area (Å²) in [6.07, 6.45) is 0.884. The normalized spacial score (nSPS) is 24.1. The van der Waals surface area contributed by atoms with Crippen molar-refractivity contribution in [2.45, 2.75) is 95.5 Å². The van der Waals surface area contributed by atoms with E-state index < -0.39 is 56.5 Å². The highest BCUT2D eigenvalue weighted by molar-refractivity contribution is 6.74. The van der Waals surface area contributed by atoms with Gasteiger partial charge in [0.1, 0.15) is 35.4 Å². The van der Waals surface area contributed by atoms with Crippen molar-refractivity contribution in [1.82, 2.24) is 19.4 Å². The van der Waals surface area contributed by atoms with Gasteiger partial charge in [0.25, 0.3) is 11.8 Å². The van der Waals surface area contributed by atoms with E-state index in [-0.39, 0.29) is 5.04 Å². The fraction of sp³-hybridized carbons (Fsp3) is 0.444. The van der Waals surface area contributed by atoms with E-state index in [1.165, 1.54) is 11.2 Å². The molecule has 0 spiro atoms. The van der Waals surface area contributed by atoms with Gasteiger partial charge in [-0.3, -0.25) is 14.5 Å². The van der Waals surface area contributed by atoms with Crippen molar-refractivity contribution in [3.8, 4) is 0 Å². The van der Waals surface area contributed by atoms with Gasteiger partial charge in [0.2, 0.25) is 0 Å². The van der Waals surface area contributed by atoms with Gasteiger partial charge in [-0.25, -0.2) is 9.97 Å². The Hall–Kier alpha value is -3.16. The van der Waals surface area contributed by atoms with Gasteiger partial charge in [0.15, 0.2) is 20.3 Å². The quantitative estimate of drug-likeness (QED) is 0.103. The second-order valence-electron chi connectivity index (χ2n) is 14.9. The summed E-state index contributed by atoms with van der Waals surface area (Å²) in [5.41, 5.74) is 2.81. The summed E-state index contributed by atoms with van der Waals surface area (Å²) in [4.78, 5) is 38.4. The Morgan fingerprint density at radius 2 is 1.65 bits per heavy atom. The Morgan fingerprint density at radius 1 is 0.980 bits per heavy atom. The predicted molar refractivity (Wildman–Crippen MR) is 188 cm³/mol. The molecule has 258 valence electrons. The van der Waals surface area contributed by atoms with Crippen LogP contribution in [0.25, 0.3) is 11.0 Å². The number of halogens is 2. The van der Waals surface area contributed by atoms with Crippen molar-refractivity contribution in [2.24, 2.45) is 0 Å². The highest BCUT2D eigenvalue weighted by Crippen LogP contribution is 2.50. The molecule has 2 saturated heterocycles. The third-order valence-corrected chi connectivity index (χ3v) is 15.4. The van der Waals surface area contributed by atoms with E-state index in [1.807, 2.05) is 42.8 Å². The number of carbonyl (C=O) groups is 2. The van der Waals surface area contributed by atoms with Crippen LogP contribution in [0.15, 0.2) is 61.1 Å². The average molecular weight is 724 g/mol. The lowest BCUT2D eigenvalue weighted by atomic mass is 9.90. The zero-order valence-electron chi connectivity index (χ0n) is 28.6. The van der Waals surface area contributed by atoms with E-state index in [2.05, 4.69) is 43.8 Å². The zero-order valence-corrected chi connectivity index (χ0v) is 31.1. The molecule has 5 heterocycles. The van der Waals surface area contributed by atoms with Crippen LogP contribution in [0.4, 0.5) is 0 Å². The fourth-order valence-electron chi connectivity index (χ4n) is 6.87. The molecule has 49 heavy (non-hydrogen) atoms. The van der Waals surface area contributed by atoms with Crippen LogP contribution < -0.4 is 0 Å². The van der Waals surface area contributed by atoms with Gasteiger partial charge in [0, 0.05) is 17.8 Å². The minimum atomic E-state index is -2.07. The molecule has 2 fully saturated rings. The summed E-state index contributed by atoms with van der Waals surface area (Å²) in [5, 5.41) is 1.53. The number of carbonyl (C=O) groups excluding carboxylic acids is 2. The summed E-state index contributed by atoms with van der Waals surface area (Å²) in [7, 11) is -2.07. The molecular weight excluding hydrogens is 683 g/mol. The van der Waals surface area contributed by atoms with E-state index in [4.69, 9.17) is 41.8 Å². The number of benzene rings is 2. The molecule has 13 heteroatoms. The number of amides is 2. The Labute approximate surface area is 296 Å². The van der Waals surface area contributed by atoms with Crippen LogP contribution in [0.3, 0.4) is 0 Å². The monoisotopic (exact) mass is 722 g/mol. The Kier molecular flexibility index (Phi) is 8.58. The highest BCUT2D eigenvalue weighted by Gasteiger charge is 2.60. The van der Waals surface area contributed by atoms with Gasteiger partial charge >= 0.3 is 0 Å². The number of rotatable bonds is 8. The van der Waals surface area contributed by atoms with Crippen LogP contribution in [0.1, 0.15) is 78.7 Å². The Morgan fingerprint density at radius 3 is 2.33 bits per heavy atom. The maximum Gasteiger partial charge on any atom is 0.262 e. The van der Waals surface area contributed by atoms with E-state index >= 15 is 0 Å². The molecule has 0 unspecified atom stereocenters. The molecule has 0 aliphatic carbocycles. The average Bonchev–Trinajstić information content (AvgIpc) is 3.75. The molecule has 7 rings (SSSR count). The second kappa shape index (κ2) is 12.3. The smallest absolute Gasteiger partial charge is 0.262 e. The minimum Gasteiger partial charge on any atom is -0.416 e. The number of imide groups is 1. The molecule has 0 N–H and O–H groups in total. The number of aromatic nitrogens is 3. The fourth-order valence-corrected chi connectivity index (χ4v) is 8.30. The Balaban J connectivity index is 1.34. The van der Waals surface area contributed by atoms with Crippen LogP contribution in [0, 0.1) is 0 Å². The lowest BCUT2D eigenvalue weighted by Crippen LogP contribution is -2.46. The van der Waals surface area contributed by atoms with Crippen molar-refractivity contribution in [3.63, 3.8) is 0 Å². The first-order valence-electron chi connectivity index (χ1n) is 16.5. The maximum atomic E-state index is 14.3. The summed E-state index contributed by atoms with van der Waals surface area (Å²) < 4.78 is 28.4. The van der Waals surface area contributed by atoms with Crippen LogP contribution in [0.5, 0.6) is 0 Å². The standard InChI is InChI=1S/C36H40Cl2N4O6Si/c1-35(2,3)49(6,7)45-17-15-20-18-21(37)12-13-22(20)26(42-32(43)23-10-8-9-11-24(23)33(42)44)27-28-29(48-36(4,5)47-28)34(46-27)41-16-14-25-30(38)39-19-40-31(25)41/h8-14,16,18-19,26-29,34H,15,17H2,1-7H3/t26-,27-,28-,29-,34-/m1/s1. The lowest BCUT2D eigenvalue weighted by Gasteiger charge is -2.37. The molecule has 2 amide bonds. The van der Waals surface area contributed by atoms with Crippen LogP contribution in [0.2, 0.25) is 28.3 Å². The summed E-state index contributed by atoms with van der Waals surface area (Å²) in [5.74, 6) is -1.79. The van der Waals surface area contributed by atoms with Crippen LogP contribution in [-0.4, -0.2) is 70.3 Å². The number of fused-ring (bicyclic) bond motifs is 3. The highest BCUT2D eigenvalue weighted by atomic mass is 35.5. The summed E-state index contributed by atoms with van der Waals surface area (Å²) in [6.45, 7) is 15.2. The minimum absolute atomic E-state index is 0.0268. The van der Waals surface area contributed by atoms with E-state index in [0.29, 0.717) is 45.4 Å². The molecular formula is C36H40Cl2N4O6Si. The van der Waals surface area contributed by atoms with Gasteiger partial charge in [-0.1, -0.05) is 62.2 Å². The molecule has 0 bridgehead atoms. The van der Waals surface area contributed by atoms with E-state index in [1.54, 1.807) is 30.3 Å².